The molecule has 0 aliphatic carbocycles. The summed E-state index contributed by atoms with van der Waals surface area (Å²) in [6.45, 7) is 9.95. The van der Waals surface area contributed by atoms with Crippen LogP contribution in [0.25, 0.3) is 0 Å². The highest BCUT2D eigenvalue weighted by Crippen LogP contribution is 2.15. The summed E-state index contributed by atoms with van der Waals surface area (Å²) in [6.07, 6.45) is 0. The molecule has 0 fully saturated rings. The largest absolute Gasteiger partial charge is 0.506 e. The molecule has 0 atom stereocenters. The summed E-state index contributed by atoms with van der Waals surface area (Å²) < 4.78 is 0. The van der Waals surface area contributed by atoms with E-state index in [2.05, 4.69) is 31.1 Å². The van der Waals surface area contributed by atoms with Gasteiger partial charge in [0.25, 0.3) is 0 Å². The average molecular weight is 208 g/mol. The molecule has 1 aromatic heterocycles. The van der Waals surface area contributed by atoms with E-state index in [1.807, 2.05) is 13.0 Å². The molecule has 0 bridgehead atoms. The number of nitrogens with one attached hydrogen (secondary N) is 1. The molecule has 0 radical (unpaired) electrons. The highest BCUT2D eigenvalue weighted by Gasteiger charge is 2.10. The zero-order chi connectivity index (χ0) is 11.5. The van der Waals surface area contributed by atoms with Crippen molar-refractivity contribution in [1.29, 1.82) is 0 Å². The molecule has 0 aliphatic rings. The molecular formula is C12H20N2O. The number of hydrogen-bond acceptors (Lipinski definition) is 3. The van der Waals surface area contributed by atoms with Gasteiger partial charge in [-0.05, 0) is 24.5 Å². The summed E-state index contributed by atoms with van der Waals surface area (Å²) >= 11 is 0. The zero-order valence-corrected chi connectivity index (χ0v) is 9.96. The summed E-state index contributed by atoms with van der Waals surface area (Å²) in [4.78, 5) is 4.28. The van der Waals surface area contributed by atoms with E-state index < -0.39 is 0 Å². The summed E-state index contributed by atoms with van der Waals surface area (Å²) in [5.74, 6) is 0.266. The lowest BCUT2D eigenvalue weighted by Crippen LogP contribution is -2.26. The van der Waals surface area contributed by atoms with E-state index in [0.29, 0.717) is 6.54 Å². The molecule has 0 amide bonds. The molecule has 1 rings (SSSR count). The SMILES string of the molecule is Cc1ccc(O)c(CNCC(C)(C)C)n1. The quantitative estimate of drug-likeness (QED) is 0.800. The third-order valence-electron chi connectivity index (χ3n) is 2.04. The van der Waals surface area contributed by atoms with Gasteiger partial charge in [0, 0.05) is 18.8 Å². The molecule has 0 saturated carbocycles. The van der Waals surface area contributed by atoms with Gasteiger partial charge in [0.2, 0.25) is 0 Å². The number of aromatic hydroxyl groups is 1. The molecule has 3 heteroatoms. The monoisotopic (exact) mass is 208 g/mol. The lowest BCUT2D eigenvalue weighted by Gasteiger charge is -2.18. The standard InChI is InChI=1S/C12H20N2O/c1-9-5-6-11(15)10(14-9)7-13-8-12(2,3)4/h5-6,13,15H,7-8H2,1-4H3. The van der Waals surface area contributed by atoms with Gasteiger partial charge >= 0.3 is 0 Å². The third kappa shape index (κ3) is 4.30. The molecule has 0 unspecified atom stereocenters. The summed E-state index contributed by atoms with van der Waals surface area (Å²) in [5, 5.41) is 12.8. The number of rotatable bonds is 3. The fourth-order valence-corrected chi connectivity index (χ4v) is 1.29. The Morgan fingerprint density at radius 3 is 2.60 bits per heavy atom. The maximum atomic E-state index is 9.56. The van der Waals surface area contributed by atoms with Crippen molar-refractivity contribution in [3.05, 3.63) is 23.5 Å². The van der Waals surface area contributed by atoms with Crippen LogP contribution < -0.4 is 5.32 Å². The molecule has 2 N–H and O–H groups in total. The Morgan fingerprint density at radius 1 is 1.33 bits per heavy atom. The van der Waals surface area contributed by atoms with Crippen molar-refractivity contribution < 1.29 is 5.11 Å². The highest BCUT2D eigenvalue weighted by atomic mass is 16.3. The number of aryl methyl sites for hydroxylation is 1. The van der Waals surface area contributed by atoms with Gasteiger partial charge in [-0.15, -0.1) is 0 Å². The molecule has 0 aliphatic heterocycles. The van der Waals surface area contributed by atoms with Crippen LogP contribution in [0.2, 0.25) is 0 Å². The van der Waals surface area contributed by atoms with Crippen molar-refractivity contribution in [3.8, 4) is 5.75 Å². The molecule has 0 spiro atoms. The minimum Gasteiger partial charge on any atom is -0.506 e. The van der Waals surface area contributed by atoms with Crippen LogP contribution in [-0.4, -0.2) is 16.6 Å². The molecular weight excluding hydrogens is 188 g/mol. The first kappa shape index (κ1) is 12.0. The fraction of sp³-hybridized carbons (Fsp3) is 0.583. The second-order valence-corrected chi connectivity index (χ2v) is 5.08. The Hall–Kier alpha value is -1.09. The zero-order valence-electron chi connectivity index (χ0n) is 9.96. The van der Waals surface area contributed by atoms with E-state index in [1.165, 1.54) is 0 Å². The van der Waals surface area contributed by atoms with Gasteiger partial charge in [0.15, 0.2) is 0 Å². The number of aromatic nitrogens is 1. The maximum absolute atomic E-state index is 9.56. The normalized spacial score (nSPS) is 11.7. The van der Waals surface area contributed by atoms with Crippen LogP contribution in [0, 0.1) is 12.3 Å². The Kier molecular flexibility index (Phi) is 3.69. The molecule has 3 nitrogen and oxygen atoms in total. The third-order valence-corrected chi connectivity index (χ3v) is 2.04. The molecule has 1 heterocycles. The van der Waals surface area contributed by atoms with Crippen molar-refractivity contribution in [2.24, 2.45) is 5.41 Å². The van der Waals surface area contributed by atoms with Gasteiger partial charge in [0.05, 0.1) is 5.69 Å². The van der Waals surface area contributed by atoms with Gasteiger partial charge in [-0.25, -0.2) is 0 Å². The van der Waals surface area contributed by atoms with Gasteiger partial charge < -0.3 is 10.4 Å². The van der Waals surface area contributed by atoms with Crippen molar-refractivity contribution in [3.63, 3.8) is 0 Å². The summed E-state index contributed by atoms with van der Waals surface area (Å²) in [6, 6.07) is 3.50. The second-order valence-electron chi connectivity index (χ2n) is 5.08. The number of nitrogens with zero attached hydrogens (tertiary/aromatic N) is 1. The maximum Gasteiger partial charge on any atom is 0.138 e. The Labute approximate surface area is 91.5 Å². The first-order chi connectivity index (χ1) is 6.88. The smallest absolute Gasteiger partial charge is 0.138 e. The predicted molar refractivity (Wildman–Crippen MR) is 61.8 cm³/mol. The van der Waals surface area contributed by atoms with Crippen LogP contribution >= 0.6 is 0 Å². The van der Waals surface area contributed by atoms with Gasteiger partial charge in [-0.3, -0.25) is 4.98 Å². The minimum absolute atomic E-state index is 0.249. The Bertz CT molecular complexity index is 329. The van der Waals surface area contributed by atoms with Gasteiger partial charge in [-0.2, -0.15) is 0 Å². The molecule has 0 saturated heterocycles. The predicted octanol–water partition coefficient (Wildman–Crippen LogP) is 2.23. The van der Waals surface area contributed by atoms with Crippen LogP contribution in [-0.2, 0) is 6.54 Å². The Morgan fingerprint density at radius 2 is 2.00 bits per heavy atom. The second kappa shape index (κ2) is 4.62. The van der Waals surface area contributed by atoms with E-state index in [-0.39, 0.29) is 11.2 Å². The first-order valence-corrected chi connectivity index (χ1v) is 5.25. The van der Waals surface area contributed by atoms with Crippen molar-refractivity contribution in [2.75, 3.05) is 6.54 Å². The van der Waals surface area contributed by atoms with E-state index in [9.17, 15) is 5.11 Å². The van der Waals surface area contributed by atoms with E-state index in [4.69, 9.17) is 0 Å². The average Bonchev–Trinajstić information content (AvgIpc) is 2.09. The first-order valence-electron chi connectivity index (χ1n) is 5.25. The number of hydrogen-bond donors (Lipinski definition) is 2. The Balaban J connectivity index is 2.54. The van der Waals surface area contributed by atoms with Crippen LogP contribution in [0.1, 0.15) is 32.2 Å². The minimum atomic E-state index is 0.249. The fourth-order valence-electron chi connectivity index (χ4n) is 1.29. The summed E-state index contributed by atoms with van der Waals surface area (Å²) in [7, 11) is 0. The lowest BCUT2D eigenvalue weighted by atomic mass is 9.97. The van der Waals surface area contributed by atoms with Gasteiger partial charge in [0.1, 0.15) is 5.75 Å². The highest BCUT2D eigenvalue weighted by molar-refractivity contribution is 5.27. The molecule has 84 valence electrons. The van der Waals surface area contributed by atoms with E-state index in [1.54, 1.807) is 6.07 Å². The molecule has 0 aromatic carbocycles. The van der Waals surface area contributed by atoms with Crippen molar-refractivity contribution in [2.45, 2.75) is 34.2 Å². The van der Waals surface area contributed by atoms with E-state index in [0.717, 1.165) is 17.9 Å². The van der Waals surface area contributed by atoms with Crippen LogP contribution in [0.5, 0.6) is 5.75 Å². The molecule has 1 aromatic rings. The summed E-state index contributed by atoms with van der Waals surface area (Å²) in [5.41, 5.74) is 1.90. The van der Waals surface area contributed by atoms with Gasteiger partial charge in [-0.1, -0.05) is 20.8 Å². The van der Waals surface area contributed by atoms with Crippen molar-refractivity contribution >= 4 is 0 Å². The lowest BCUT2D eigenvalue weighted by molar-refractivity contribution is 0.374. The van der Waals surface area contributed by atoms with Crippen LogP contribution in [0.4, 0.5) is 0 Å². The molecule has 15 heavy (non-hydrogen) atoms. The van der Waals surface area contributed by atoms with Crippen LogP contribution in [0.15, 0.2) is 12.1 Å². The van der Waals surface area contributed by atoms with Crippen molar-refractivity contribution in [1.82, 2.24) is 10.3 Å². The topological polar surface area (TPSA) is 45.1 Å². The number of pyridine rings is 1. The van der Waals surface area contributed by atoms with Crippen LogP contribution in [0.3, 0.4) is 0 Å². The van der Waals surface area contributed by atoms with E-state index >= 15 is 0 Å².